The fraction of sp³-hybridized carbons (Fsp3) is 0.211. The molecule has 1 aromatic heterocycles. The van der Waals surface area contributed by atoms with Gasteiger partial charge in [0.05, 0.1) is 18.5 Å². The average Bonchev–Trinajstić information content (AvgIpc) is 2.86. The van der Waals surface area contributed by atoms with E-state index in [0.717, 1.165) is 22.7 Å². The summed E-state index contributed by atoms with van der Waals surface area (Å²) in [5.74, 6) is 0.893. The van der Waals surface area contributed by atoms with Gasteiger partial charge >= 0.3 is 0 Å². The Morgan fingerprint density at radius 2 is 1.68 bits per heavy atom. The molecule has 0 aliphatic rings. The molecular weight excluding hydrogens is 272 g/mol. The fourth-order valence-electron chi connectivity index (χ4n) is 2.64. The summed E-state index contributed by atoms with van der Waals surface area (Å²) < 4.78 is 7.41. The van der Waals surface area contributed by atoms with Crippen LogP contribution < -0.4 is 4.74 Å². The molecule has 0 saturated carbocycles. The maximum atomic E-state index is 5.47. The SMILES string of the molecule is COc1ccccc1-c1ccc(-n2cc(C)c(C)n2)cc1C. The number of aromatic nitrogens is 2. The lowest BCUT2D eigenvalue weighted by atomic mass is 9.99. The standard InChI is InChI=1S/C19H20N2O/c1-13-11-16(21-12-14(2)15(3)20-21)9-10-17(13)18-7-5-6-8-19(18)22-4/h5-12H,1-4H3. The van der Waals surface area contributed by atoms with E-state index in [1.165, 1.54) is 16.7 Å². The van der Waals surface area contributed by atoms with Crippen LogP contribution in [0.5, 0.6) is 5.75 Å². The molecule has 3 heteroatoms. The first-order valence-electron chi connectivity index (χ1n) is 7.37. The third-order valence-electron chi connectivity index (χ3n) is 4.02. The molecule has 0 aliphatic heterocycles. The maximum absolute atomic E-state index is 5.47. The van der Waals surface area contributed by atoms with Crippen molar-refractivity contribution in [2.75, 3.05) is 7.11 Å². The zero-order valence-corrected chi connectivity index (χ0v) is 13.4. The zero-order valence-electron chi connectivity index (χ0n) is 13.4. The topological polar surface area (TPSA) is 27.1 Å². The molecule has 0 N–H and O–H groups in total. The van der Waals surface area contributed by atoms with Crippen LogP contribution in [0.15, 0.2) is 48.7 Å². The number of nitrogens with zero attached hydrogens (tertiary/aromatic N) is 2. The van der Waals surface area contributed by atoms with Crippen LogP contribution in [-0.4, -0.2) is 16.9 Å². The summed E-state index contributed by atoms with van der Waals surface area (Å²) in [6.45, 7) is 6.23. The lowest BCUT2D eigenvalue weighted by Crippen LogP contribution is -1.97. The van der Waals surface area contributed by atoms with E-state index in [2.05, 4.69) is 49.4 Å². The Kier molecular flexibility index (Phi) is 3.72. The summed E-state index contributed by atoms with van der Waals surface area (Å²) >= 11 is 0. The predicted octanol–water partition coefficient (Wildman–Crippen LogP) is 4.47. The smallest absolute Gasteiger partial charge is 0.126 e. The van der Waals surface area contributed by atoms with Gasteiger partial charge in [0.15, 0.2) is 0 Å². The van der Waals surface area contributed by atoms with E-state index in [-0.39, 0.29) is 0 Å². The molecule has 0 amide bonds. The third-order valence-corrected chi connectivity index (χ3v) is 4.02. The summed E-state index contributed by atoms with van der Waals surface area (Å²) in [6.07, 6.45) is 2.06. The van der Waals surface area contributed by atoms with Crippen LogP contribution in [0, 0.1) is 20.8 Å². The summed E-state index contributed by atoms with van der Waals surface area (Å²) in [4.78, 5) is 0. The van der Waals surface area contributed by atoms with Gasteiger partial charge in [-0.15, -0.1) is 0 Å². The quantitative estimate of drug-likeness (QED) is 0.712. The van der Waals surface area contributed by atoms with Gasteiger partial charge in [-0.25, -0.2) is 4.68 Å². The average molecular weight is 292 g/mol. The highest BCUT2D eigenvalue weighted by Crippen LogP contribution is 2.32. The number of hydrogen-bond donors (Lipinski definition) is 0. The molecule has 0 bridgehead atoms. The van der Waals surface area contributed by atoms with E-state index < -0.39 is 0 Å². The van der Waals surface area contributed by atoms with Gasteiger partial charge in [0.25, 0.3) is 0 Å². The van der Waals surface area contributed by atoms with Gasteiger partial charge in [-0.3, -0.25) is 0 Å². The number of para-hydroxylation sites is 1. The summed E-state index contributed by atoms with van der Waals surface area (Å²) in [7, 11) is 1.71. The second kappa shape index (κ2) is 5.68. The molecule has 0 aliphatic carbocycles. The van der Waals surface area contributed by atoms with Gasteiger partial charge in [0.1, 0.15) is 5.75 Å². The lowest BCUT2D eigenvalue weighted by Gasteiger charge is -2.12. The number of hydrogen-bond acceptors (Lipinski definition) is 2. The molecule has 0 spiro atoms. The molecule has 0 atom stereocenters. The van der Waals surface area contributed by atoms with E-state index >= 15 is 0 Å². The lowest BCUT2D eigenvalue weighted by molar-refractivity contribution is 0.416. The zero-order chi connectivity index (χ0) is 15.7. The number of methoxy groups -OCH3 is 1. The Morgan fingerprint density at radius 1 is 0.909 bits per heavy atom. The van der Waals surface area contributed by atoms with Crippen LogP contribution in [0.2, 0.25) is 0 Å². The number of benzene rings is 2. The van der Waals surface area contributed by atoms with Crippen LogP contribution in [-0.2, 0) is 0 Å². The van der Waals surface area contributed by atoms with E-state index in [1.807, 2.05) is 29.8 Å². The first-order valence-corrected chi connectivity index (χ1v) is 7.37. The monoisotopic (exact) mass is 292 g/mol. The van der Waals surface area contributed by atoms with Crippen LogP contribution in [0.4, 0.5) is 0 Å². The second-order valence-electron chi connectivity index (χ2n) is 5.54. The van der Waals surface area contributed by atoms with Crippen molar-refractivity contribution in [1.82, 2.24) is 9.78 Å². The van der Waals surface area contributed by atoms with Crippen LogP contribution >= 0.6 is 0 Å². The number of rotatable bonds is 3. The Morgan fingerprint density at radius 3 is 2.32 bits per heavy atom. The van der Waals surface area contributed by atoms with Crippen LogP contribution in [0.1, 0.15) is 16.8 Å². The second-order valence-corrected chi connectivity index (χ2v) is 5.54. The molecule has 3 rings (SSSR count). The molecule has 22 heavy (non-hydrogen) atoms. The molecular formula is C19H20N2O. The highest BCUT2D eigenvalue weighted by Gasteiger charge is 2.09. The summed E-state index contributed by atoms with van der Waals surface area (Å²) in [6, 6.07) is 14.5. The minimum absolute atomic E-state index is 0.893. The van der Waals surface area contributed by atoms with Crippen molar-refractivity contribution in [2.24, 2.45) is 0 Å². The van der Waals surface area contributed by atoms with Gasteiger partial charge < -0.3 is 4.74 Å². The van der Waals surface area contributed by atoms with E-state index in [9.17, 15) is 0 Å². The molecule has 0 fully saturated rings. The largest absolute Gasteiger partial charge is 0.496 e. The molecule has 3 nitrogen and oxygen atoms in total. The Hall–Kier alpha value is -2.55. The van der Waals surface area contributed by atoms with Gasteiger partial charge in [-0.1, -0.05) is 24.3 Å². The van der Waals surface area contributed by atoms with Crippen molar-refractivity contribution < 1.29 is 4.74 Å². The van der Waals surface area contributed by atoms with Crippen molar-refractivity contribution in [3.05, 3.63) is 65.5 Å². The third kappa shape index (κ3) is 2.50. The Labute approximate surface area is 131 Å². The first kappa shape index (κ1) is 14.4. The van der Waals surface area contributed by atoms with Gasteiger partial charge in [-0.2, -0.15) is 5.10 Å². The minimum atomic E-state index is 0.893. The van der Waals surface area contributed by atoms with Crippen molar-refractivity contribution in [3.8, 4) is 22.6 Å². The summed E-state index contributed by atoms with van der Waals surface area (Å²) in [5, 5.41) is 4.55. The fourth-order valence-corrected chi connectivity index (χ4v) is 2.64. The normalized spacial score (nSPS) is 10.7. The van der Waals surface area contributed by atoms with Crippen LogP contribution in [0.25, 0.3) is 16.8 Å². The number of aryl methyl sites for hydroxylation is 3. The minimum Gasteiger partial charge on any atom is -0.496 e. The van der Waals surface area contributed by atoms with Gasteiger partial charge in [0, 0.05) is 11.8 Å². The molecule has 0 saturated heterocycles. The van der Waals surface area contributed by atoms with Gasteiger partial charge in [0.2, 0.25) is 0 Å². The predicted molar refractivity (Wildman–Crippen MR) is 89.8 cm³/mol. The highest BCUT2D eigenvalue weighted by atomic mass is 16.5. The van der Waals surface area contributed by atoms with Crippen LogP contribution in [0.3, 0.4) is 0 Å². The summed E-state index contributed by atoms with van der Waals surface area (Å²) in [5.41, 5.74) is 6.83. The van der Waals surface area contributed by atoms with Crippen molar-refractivity contribution in [2.45, 2.75) is 20.8 Å². The maximum Gasteiger partial charge on any atom is 0.126 e. The molecule has 112 valence electrons. The van der Waals surface area contributed by atoms with E-state index in [4.69, 9.17) is 4.74 Å². The first-order chi connectivity index (χ1) is 10.6. The molecule has 1 heterocycles. The van der Waals surface area contributed by atoms with E-state index in [1.54, 1.807) is 7.11 Å². The molecule has 0 unspecified atom stereocenters. The van der Waals surface area contributed by atoms with E-state index in [0.29, 0.717) is 0 Å². The molecule has 3 aromatic rings. The van der Waals surface area contributed by atoms with Crippen molar-refractivity contribution >= 4 is 0 Å². The Balaban J connectivity index is 2.06. The van der Waals surface area contributed by atoms with Crippen molar-refractivity contribution in [3.63, 3.8) is 0 Å². The Bertz CT molecular complexity index is 799. The molecule has 0 radical (unpaired) electrons. The highest BCUT2D eigenvalue weighted by molar-refractivity contribution is 5.74. The van der Waals surface area contributed by atoms with Crippen molar-refractivity contribution in [1.29, 1.82) is 0 Å². The molecule has 2 aromatic carbocycles. The number of ether oxygens (including phenoxy) is 1. The van der Waals surface area contributed by atoms with Gasteiger partial charge in [-0.05, 0) is 55.7 Å².